The van der Waals surface area contributed by atoms with Crippen molar-refractivity contribution >= 4 is 50.9 Å². The lowest BCUT2D eigenvalue weighted by atomic mass is 9.93. The Bertz CT molecular complexity index is 1920. The molecule has 3 aliphatic heterocycles. The summed E-state index contributed by atoms with van der Waals surface area (Å²) in [6.07, 6.45) is 1.71. The molecule has 2 aromatic heterocycles. The van der Waals surface area contributed by atoms with Crippen molar-refractivity contribution in [3.63, 3.8) is 0 Å². The Labute approximate surface area is 258 Å². The van der Waals surface area contributed by atoms with Gasteiger partial charge in [-0.3, -0.25) is 9.36 Å². The monoisotopic (exact) mass is 663 g/mol. The van der Waals surface area contributed by atoms with Crippen LogP contribution in [0.1, 0.15) is 29.9 Å². The molecule has 0 aliphatic carbocycles. The summed E-state index contributed by atoms with van der Waals surface area (Å²) in [5, 5.41) is 0. The summed E-state index contributed by atoms with van der Waals surface area (Å²) in [6.45, 7) is 4.67. The Morgan fingerprint density at radius 3 is 2.70 bits per heavy atom. The molecule has 1 fully saturated rings. The van der Waals surface area contributed by atoms with Crippen molar-refractivity contribution in [3.8, 4) is 11.5 Å². The number of rotatable bonds is 6. The summed E-state index contributed by atoms with van der Waals surface area (Å²) in [5.41, 5.74) is 1.81. The van der Waals surface area contributed by atoms with Gasteiger partial charge in [-0.25, -0.2) is 9.79 Å². The molecule has 4 aromatic rings. The molecule has 7 rings (SSSR count). The number of ether oxygens (including phenoxy) is 4. The number of thiazole rings is 1. The van der Waals surface area contributed by atoms with Crippen LogP contribution in [0.4, 0.5) is 5.88 Å². The minimum absolute atomic E-state index is 0.0997. The Morgan fingerprint density at radius 2 is 1.91 bits per heavy atom. The number of fused-ring (bicyclic) bond motifs is 2. The number of nitrogens with zero attached hydrogens (tertiary/aromatic N) is 3. The van der Waals surface area contributed by atoms with Gasteiger partial charge in [-0.15, -0.1) is 0 Å². The molecular formula is C31H26BrN3O7S. The largest absolute Gasteiger partial charge is 0.463 e. The lowest BCUT2D eigenvalue weighted by Crippen LogP contribution is -2.40. The van der Waals surface area contributed by atoms with Gasteiger partial charge in [0.2, 0.25) is 12.7 Å². The van der Waals surface area contributed by atoms with E-state index in [4.69, 9.17) is 28.4 Å². The van der Waals surface area contributed by atoms with E-state index in [1.807, 2.05) is 42.5 Å². The Balaban J connectivity index is 1.43. The average molecular weight is 665 g/mol. The van der Waals surface area contributed by atoms with Crippen LogP contribution in [0.15, 0.2) is 78.8 Å². The van der Waals surface area contributed by atoms with Crippen molar-refractivity contribution in [1.29, 1.82) is 0 Å². The van der Waals surface area contributed by atoms with E-state index in [-0.39, 0.29) is 24.5 Å². The molecule has 0 bridgehead atoms. The second-order valence-corrected chi connectivity index (χ2v) is 11.8. The third-order valence-electron chi connectivity index (χ3n) is 7.35. The number of benzene rings is 2. The molecule has 0 spiro atoms. The summed E-state index contributed by atoms with van der Waals surface area (Å²) in [4.78, 5) is 35.3. The summed E-state index contributed by atoms with van der Waals surface area (Å²) in [7, 11) is 0. The van der Waals surface area contributed by atoms with E-state index in [1.54, 1.807) is 29.7 Å². The van der Waals surface area contributed by atoms with Crippen molar-refractivity contribution in [1.82, 2.24) is 4.57 Å². The van der Waals surface area contributed by atoms with Gasteiger partial charge >= 0.3 is 5.97 Å². The normalized spacial score (nSPS) is 18.0. The molecular weight excluding hydrogens is 638 g/mol. The first kappa shape index (κ1) is 27.7. The van der Waals surface area contributed by atoms with Gasteiger partial charge in [-0.05, 0) is 40.5 Å². The predicted octanol–water partition coefficient (Wildman–Crippen LogP) is 3.86. The molecule has 0 radical (unpaired) electrons. The van der Waals surface area contributed by atoms with E-state index < -0.39 is 12.0 Å². The molecule has 0 unspecified atom stereocenters. The highest BCUT2D eigenvalue weighted by Gasteiger charge is 2.36. The zero-order valence-electron chi connectivity index (χ0n) is 23.1. The fourth-order valence-corrected chi connectivity index (χ4v) is 6.94. The topological polar surface area (TPSA) is 105 Å². The highest BCUT2D eigenvalue weighted by Crippen LogP contribution is 2.40. The Hall–Kier alpha value is -4.13. The Morgan fingerprint density at radius 1 is 1.12 bits per heavy atom. The minimum atomic E-state index is -0.825. The van der Waals surface area contributed by atoms with E-state index in [9.17, 15) is 9.59 Å². The van der Waals surface area contributed by atoms with Crippen molar-refractivity contribution in [2.75, 3.05) is 44.6 Å². The number of carbonyl (C=O) groups is 1. The lowest BCUT2D eigenvalue weighted by Gasteiger charge is -2.26. The first-order valence-corrected chi connectivity index (χ1v) is 15.4. The minimum Gasteiger partial charge on any atom is -0.463 e. The van der Waals surface area contributed by atoms with Crippen LogP contribution in [0.25, 0.3) is 11.8 Å². The molecule has 3 aliphatic rings. The number of morpholine rings is 1. The highest BCUT2D eigenvalue weighted by molar-refractivity contribution is 9.10. The molecule has 0 saturated carbocycles. The third-order valence-corrected chi connectivity index (χ3v) is 8.90. The molecule has 43 heavy (non-hydrogen) atoms. The summed E-state index contributed by atoms with van der Waals surface area (Å²) < 4.78 is 31.1. The van der Waals surface area contributed by atoms with Gasteiger partial charge in [0.25, 0.3) is 5.56 Å². The number of furan rings is 1. The molecule has 5 heterocycles. The molecule has 1 atom stereocenters. The van der Waals surface area contributed by atoms with Gasteiger partial charge < -0.3 is 28.3 Å². The third kappa shape index (κ3) is 5.09. The summed E-state index contributed by atoms with van der Waals surface area (Å²) in [5.74, 6) is 1.80. The smallest absolute Gasteiger partial charge is 0.338 e. The van der Waals surface area contributed by atoms with Crippen LogP contribution >= 0.6 is 27.3 Å². The number of halogens is 1. The molecule has 12 heteroatoms. The van der Waals surface area contributed by atoms with E-state index in [2.05, 4.69) is 20.8 Å². The van der Waals surface area contributed by atoms with Gasteiger partial charge in [0.1, 0.15) is 5.76 Å². The van der Waals surface area contributed by atoms with Crippen molar-refractivity contribution < 1.29 is 28.2 Å². The lowest BCUT2D eigenvalue weighted by molar-refractivity contribution is -0.138. The first-order valence-electron chi connectivity index (χ1n) is 13.8. The quantitative estimate of drug-likeness (QED) is 0.287. The molecule has 2 aromatic carbocycles. The maximum Gasteiger partial charge on any atom is 0.338 e. The van der Waals surface area contributed by atoms with Gasteiger partial charge in [0.15, 0.2) is 16.3 Å². The predicted molar refractivity (Wildman–Crippen MR) is 163 cm³/mol. The number of hydrogen-bond donors (Lipinski definition) is 0. The van der Waals surface area contributed by atoms with E-state index in [0.29, 0.717) is 70.0 Å². The van der Waals surface area contributed by atoms with E-state index in [0.717, 1.165) is 10.0 Å². The van der Waals surface area contributed by atoms with Gasteiger partial charge in [-0.2, -0.15) is 0 Å². The number of carbonyl (C=O) groups excluding carboxylic acids is 1. The zero-order chi connectivity index (χ0) is 29.5. The van der Waals surface area contributed by atoms with Crippen molar-refractivity contribution in [3.05, 3.63) is 101 Å². The molecule has 1 saturated heterocycles. The van der Waals surface area contributed by atoms with Crippen LogP contribution in [0.2, 0.25) is 0 Å². The standard InChI is InChI=1S/C31H26BrN3O7S/c1-2-39-30(37)25-26(18-6-4-3-5-7-18)33-31-35(27(25)19-8-9-22-23(14-19)41-17-40-22)28(36)24(43-31)16-20-15-21(32)29(42-20)34-10-12-38-13-11-34/h3-9,14-16,27H,2,10-13,17H2,1H3/b24-16+/t27-/m0/s1. The van der Waals surface area contributed by atoms with Gasteiger partial charge in [0, 0.05) is 30.8 Å². The molecule has 0 N–H and O–H groups in total. The van der Waals surface area contributed by atoms with Gasteiger partial charge in [-0.1, -0.05) is 47.7 Å². The van der Waals surface area contributed by atoms with Crippen molar-refractivity contribution in [2.24, 2.45) is 4.99 Å². The fraction of sp³-hybridized carbons (Fsp3) is 0.258. The molecule has 0 amide bonds. The number of anilines is 1. The van der Waals surface area contributed by atoms with Crippen molar-refractivity contribution in [2.45, 2.75) is 13.0 Å². The zero-order valence-corrected chi connectivity index (χ0v) is 25.5. The highest BCUT2D eigenvalue weighted by atomic mass is 79.9. The number of esters is 1. The first-order chi connectivity index (χ1) is 21.0. The van der Waals surface area contributed by atoms with Crippen LogP contribution in [-0.4, -0.2) is 50.2 Å². The SMILES string of the molecule is CCOC(=O)C1=C(c2ccccc2)N=c2s/c(=C/c3cc(Br)c(N4CCOCC4)o3)c(=O)n2[C@H]1c1ccc2c(c1)OCO2. The van der Waals surface area contributed by atoms with Crippen LogP contribution in [0, 0.1) is 0 Å². The molecule has 10 nitrogen and oxygen atoms in total. The fourth-order valence-electron chi connectivity index (χ4n) is 5.40. The maximum absolute atomic E-state index is 14.2. The molecule has 220 valence electrons. The van der Waals surface area contributed by atoms with Gasteiger partial charge in [0.05, 0.1) is 46.1 Å². The Kier molecular flexibility index (Phi) is 7.41. The second kappa shape index (κ2) is 11.5. The summed E-state index contributed by atoms with van der Waals surface area (Å²) >= 11 is 4.84. The van der Waals surface area contributed by atoms with Crippen LogP contribution < -0.4 is 29.3 Å². The number of hydrogen-bond acceptors (Lipinski definition) is 10. The van der Waals surface area contributed by atoms with Crippen LogP contribution in [0.5, 0.6) is 11.5 Å². The maximum atomic E-state index is 14.2. The van der Waals surface area contributed by atoms with E-state index in [1.165, 1.54) is 11.3 Å². The second-order valence-electron chi connectivity index (χ2n) is 9.95. The van der Waals surface area contributed by atoms with E-state index >= 15 is 0 Å². The average Bonchev–Trinajstić information content (AvgIpc) is 3.74. The van der Waals surface area contributed by atoms with Crippen LogP contribution in [-0.2, 0) is 14.3 Å². The van der Waals surface area contributed by atoms with Crippen LogP contribution in [0.3, 0.4) is 0 Å². The summed E-state index contributed by atoms with van der Waals surface area (Å²) in [6, 6.07) is 15.9. The number of aromatic nitrogens is 1.